The molecular weight excluding hydrogens is 266 g/mol. The standard InChI is InChI=1S/C14H20ClNO3/c1-2-16(9-11-18-10-8-15)14(17)12-19-13-6-4-3-5-7-13/h3-7H,2,8-12H2,1H3. The van der Waals surface area contributed by atoms with Gasteiger partial charge in [-0.3, -0.25) is 4.79 Å². The number of ether oxygens (including phenoxy) is 2. The zero-order chi connectivity index (χ0) is 13.9. The Kier molecular flexibility index (Phi) is 8.02. The third-order valence-electron chi connectivity index (χ3n) is 2.57. The van der Waals surface area contributed by atoms with Crippen LogP contribution in [0.3, 0.4) is 0 Å². The molecule has 5 heteroatoms. The van der Waals surface area contributed by atoms with E-state index in [1.54, 1.807) is 4.90 Å². The number of para-hydroxylation sites is 1. The van der Waals surface area contributed by atoms with Gasteiger partial charge in [-0.05, 0) is 19.1 Å². The third kappa shape index (κ3) is 6.45. The van der Waals surface area contributed by atoms with E-state index in [0.29, 0.717) is 37.9 Å². The molecule has 0 heterocycles. The average molecular weight is 286 g/mol. The monoisotopic (exact) mass is 285 g/mol. The first-order valence-corrected chi connectivity index (χ1v) is 6.90. The zero-order valence-electron chi connectivity index (χ0n) is 11.2. The smallest absolute Gasteiger partial charge is 0.260 e. The second-order valence-corrected chi connectivity index (χ2v) is 4.25. The highest BCUT2D eigenvalue weighted by molar-refractivity contribution is 6.17. The third-order valence-corrected chi connectivity index (χ3v) is 2.72. The molecule has 106 valence electrons. The summed E-state index contributed by atoms with van der Waals surface area (Å²) in [5, 5.41) is 0. The molecule has 0 bridgehead atoms. The molecule has 0 unspecified atom stereocenters. The number of rotatable bonds is 9. The minimum absolute atomic E-state index is 0.0409. The molecule has 4 nitrogen and oxygen atoms in total. The molecule has 1 aromatic carbocycles. The van der Waals surface area contributed by atoms with Crippen molar-refractivity contribution < 1.29 is 14.3 Å². The van der Waals surface area contributed by atoms with E-state index in [9.17, 15) is 4.79 Å². The molecule has 0 saturated carbocycles. The SMILES string of the molecule is CCN(CCOCCCl)C(=O)COc1ccccc1. The van der Waals surface area contributed by atoms with Crippen molar-refractivity contribution in [3.05, 3.63) is 30.3 Å². The van der Waals surface area contributed by atoms with Crippen molar-refractivity contribution >= 4 is 17.5 Å². The van der Waals surface area contributed by atoms with Crippen LogP contribution in [-0.2, 0) is 9.53 Å². The molecule has 0 aliphatic carbocycles. The molecule has 1 aromatic rings. The van der Waals surface area contributed by atoms with Crippen LogP contribution >= 0.6 is 11.6 Å². The Morgan fingerprint density at radius 2 is 2.00 bits per heavy atom. The van der Waals surface area contributed by atoms with E-state index >= 15 is 0 Å². The van der Waals surface area contributed by atoms with Crippen LogP contribution in [0.5, 0.6) is 5.75 Å². The normalized spacial score (nSPS) is 10.2. The molecule has 0 aliphatic rings. The van der Waals surface area contributed by atoms with E-state index in [-0.39, 0.29) is 12.5 Å². The van der Waals surface area contributed by atoms with E-state index in [1.807, 2.05) is 37.3 Å². The molecule has 0 aromatic heterocycles. The maximum atomic E-state index is 11.9. The molecule has 0 aliphatic heterocycles. The van der Waals surface area contributed by atoms with Gasteiger partial charge in [0.25, 0.3) is 5.91 Å². The lowest BCUT2D eigenvalue weighted by molar-refractivity contribution is -0.133. The van der Waals surface area contributed by atoms with E-state index in [0.717, 1.165) is 0 Å². The number of nitrogens with zero attached hydrogens (tertiary/aromatic N) is 1. The van der Waals surface area contributed by atoms with Gasteiger partial charge in [0.15, 0.2) is 6.61 Å². The highest BCUT2D eigenvalue weighted by Crippen LogP contribution is 2.08. The number of hydrogen-bond acceptors (Lipinski definition) is 3. The Morgan fingerprint density at radius 1 is 1.26 bits per heavy atom. The Labute approximate surface area is 119 Å². The summed E-state index contributed by atoms with van der Waals surface area (Å²) in [6, 6.07) is 9.30. The van der Waals surface area contributed by atoms with E-state index in [4.69, 9.17) is 21.1 Å². The first kappa shape index (κ1) is 15.8. The number of benzene rings is 1. The number of hydrogen-bond donors (Lipinski definition) is 0. The summed E-state index contributed by atoms with van der Waals surface area (Å²) in [5.74, 6) is 1.13. The first-order chi connectivity index (χ1) is 9.27. The van der Waals surface area contributed by atoms with Gasteiger partial charge in [-0.15, -0.1) is 11.6 Å². The fourth-order valence-electron chi connectivity index (χ4n) is 1.54. The molecule has 0 saturated heterocycles. The minimum atomic E-state index is -0.0409. The predicted molar refractivity (Wildman–Crippen MR) is 75.7 cm³/mol. The van der Waals surface area contributed by atoms with Crippen molar-refractivity contribution in [1.29, 1.82) is 0 Å². The Hall–Kier alpha value is -1.26. The molecule has 0 spiro atoms. The summed E-state index contributed by atoms with van der Waals surface area (Å²) in [6.07, 6.45) is 0. The molecule has 1 amide bonds. The molecule has 19 heavy (non-hydrogen) atoms. The number of likely N-dealkylation sites (N-methyl/N-ethyl adjacent to an activating group) is 1. The fraction of sp³-hybridized carbons (Fsp3) is 0.500. The van der Waals surface area contributed by atoms with Crippen molar-refractivity contribution in [3.63, 3.8) is 0 Å². The van der Waals surface area contributed by atoms with Crippen LogP contribution in [0, 0.1) is 0 Å². The van der Waals surface area contributed by atoms with Gasteiger partial charge in [-0.25, -0.2) is 0 Å². The fourth-order valence-corrected chi connectivity index (χ4v) is 1.65. The van der Waals surface area contributed by atoms with Crippen molar-refractivity contribution in [2.24, 2.45) is 0 Å². The van der Waals surface area contributed by atoms with Gasteiger partial charge in [0.2, 0.25) is 0 Å². The quantitative estimate of drug-likeness (QED) is 0.516. The number of halogens is 1. The zero-order valence-corrected chi connectivity index (χ0v) is 11.9. The highest BCUT2D eigenvalue weighted by atomic mass is 35.5. The number of carbonyl (C=O) groups is 1. The van der Waals surface area contributed by atoms with Gasteiger partial charge >= 0.3 is 0 Å². The summed E-state index contributed by atoms with van der Waals surface area (Å²) in [5.41, 5.74) is 0. The van der Waals surface area contributed by atoms with Gasteiger partial charge in [0.1, 0.15) is 5.75 Å². The van der Waals surface area contributed by atoms with Crippen LogP contribution in [0.1, 0.15) is 6.92 Å². The maximum absolute atomic E-state index is 11.9. The maximum Gasteiger partial charge on any atom is 0.260 e. The van der Waals surface area contributed by atoms with Gasteiger partial charge in [-0.1, -0.05) is 18.2 Å². The van der Waals surface area contributed by atoms with Crippen molar-refractivity contribution in [1.82, 2.24) is 4.90 Å². The molecule has 0 atom stereocenters. The van der Waals surface area contributed by atoms with Gasteiger partial charge < -0.3 is 14.4 Å². The summed E-state index contributed by atoms with van der Waals surface area (Å²) >= 11 is 5.51. The van der Waals surface area contributed by atoms with Gasteiger partial charge in [-0.2, -0.15) is 0 Å². The molecule has 0 fully saturated rings. The number of carbonyl (C=O) groups excluding carboxylic acids is 1. The number of alkyl halides is 1. The molecular formula is C14H20ClNO3. The minimum Gasteiger partial charge on any atom is -0.484 e. The van der Waals surface area contributed by atoms with Gasteiger partial charge in [0.05, 0.1) is 13.2 Å². The Balaban J connectivity index is 2.29. The predicted octanol–water partition coefficient (Wildman–Crippen LogP) is 2.17. The van der Waals surface area contributed by atoms with Crippen molar-refractivity contribution in [2.75, 3.05) is 38.8 Å². The molecule has 0 N–H and O–H groups in total. The lowest BCUT2D eigenvalue weighted by atomic mass is 10.3. The second-order valence-electron chi connectivity index (χ2n) is 3.88. The van der Waals surface area contributed by atoms with Crippen LogP contribution in [0.25, 0.3) is 0 Å². The van der Waals surface area contributed by atoms with Crippen LogP contribution in [0.15, 0.2) is 30.3 Å². The molecule has 1 rings (SSSR count). The van der Waals surface area contributed by atoms with Crippen LogP contribution in [0.2, 0.25) is 0 Å². The largest absolute Gasteiger partial charge is 0.484 e. The summed E-state index contributed by atoms with van der Waals surface area (Å²) in [7, 11) is 0. The lowest BCUT2D eigenvalue weighted by Crippen LogP contribution is -2.37. The summed E-state index contributed by atoms with van der Waals surface area (Å²) < 4.78 is 10.7. The summed E-state index contributed by atoms with van der Waals surface area (Å²) in [4.78, 5) is 13.6. The van der Waals surface area contributed by atoms with Crippen LogP contribution in [-0.4, -0.2) is 49.6 Å². The Bertz CT molecular complexity index is 359. The first-order valence-electron chi connectivity index (χ1n) is 6.37. The Morgan fingerprint density at radius 3 is 2.63 bits per heavy atom. The highest BCUT2D eigenvalue weighted by Gasteiger charge is 2.11. The van der Waals surface area contributed by atoms with Crippen molar-refractivity contribution in [3.8, 4) is 5.75 Å². The lowest BCUT2D eigenvalue weighted by Gasteiger charge is -2.20. The van der Waals surface area contributed by atoms with Crippen LogP contribution < -0.4 is 4.74 Å². The van der Waals surface area contributed by atoms with Crippen LogP contribution in [0.4, 0.5) is 0 Å². The molecule has 0 radical (unpaired) electrons. The van der Waals surface area contributed by atoms with Gasteiger partial charge in [0, 0.05) is 19.0 Å². The van der Waals surface area contributed by atoms with E-state index < -0.39 is 0 Å². The summed E-state index contributed by atoms with van der Waals surface area (Å²) in [6.45, 7) is 4.19. The van der Waals surface area contributed by atoms with E-state index in [2.05, 4.69) is 0 Å². The average Bonchev–Trinajstić information content (AvgIpc) is 2.46. The topological polar surface area (TPSA) is 38.8 Å². The van der Waals surface area contributed by atoms with E-state index in [1.165, 1.54) is 0 Å². The van der Waals surface area contributed by atoms with Crippen molar-refractivity contribution in [2.45, 2.75) is 6.92 Å². The second kappa shape index (κ2) is 9.64. The number of amides is 1.